The molecule has 1 aromatic heterocycles. The summed E-state index contributed by atoms with van der Waals surface area (Å²) in [5, 5.41) is 3.34. The Bertz CT molecular complexity index is 392. The maximum absolute atomic E-state index is 12.9. The summed E-state index contributed by atoms with van der Waals surface area (Å²) >= 11 is 0. The van der Waals surface area contributed by atoms with Crippen molar-refractivity contribution in [3.05, 3.63) is 18.1 Å². The van der Waals surface area contributed by atoms with Crippen molar-refractivity contribution in [3.8, 4) is 0 Å². The molecule has 106 valence electrons. The fourth-order valence-electron chi connectivity index (χ4n) is 2.44. The average molecular weight is 270 g/mol. The van der Waals surface area contributed by atoms with Gasteiger partial charge in [-0.2, -0.15) is 0 Å². The Morgan fingerprint density at radius 2 is 2.00 bits per heavy atom. The second kappa shape index (κ2) is 6.75. The summed E-state index contributed by atoms with van der Waals surface area (Å²) in [5.41, 5.74) is -0.201. The molecule has 6 heteroatoms. The molecular weight excluding hydrogens is 250 g/mol. The number of nitrogens with zero attached hydrogens (tertiary/aromatic N) is 3. The fourth-order valence-corrected chi connectivity index (χ4v) is 2.44. The molecule has 19 heavy (non-hydrogen) atoms. The molecule has 0 bridgehead atoms. The van der Waals surface area contributed by atoms with E-state index in [0.29, 0.717) is 11.7 Å². The molecule has 0 amide bonds. The normalized spacial score (nSPS) is 17.2. The van der Waals surface area contributed by atoms with E-state index in [0.717, 1.165) is 39.0 Å². The van der Waals surface area contributed by atoms with Crippen LogP contribution in [0.1, 0.15) is 31.9 Å². The lowest BCUT2D eigenvalue weighted by Crippen LogP contribution is -2.38. The van der Waals surface area contributed by atoms with Crippen molar-refractivity contribution in [3.63, 3.8) is 0 Å². The van der Waals surface area contributed by atoms with Crippen LogP contribution in [-0.2, 0) is 0 Å². The lowest BCUT2D eigenvalue weighted by atomic mass is 9.96. The van der Waals surface area contributed by atoms with Crippen LogP contribution in [-0.4, -0.2) is 36.1 Å². The van der Waals surface area contributed by atoms with Crippen LogP contribution in [0, 0.1) is 5.92 Å². The van der Waals surface area contributed by atoms with Gasteiger partial charge in [0.1, 0.15) is 5.69 Å². The third-order valence-corrected chi connectivity index (χ3v) is 3.51. The van der Waals surface area contributed by atoms with Gasteiger partial charge < -0.3 is 10.2 Å². The van der Waals surface area contributed by atoms with Crippen LogP contribution in [0.15, 0.2) is 12.4 Å². The largest absolute Gasteiger partial charge is 0.355 e. The van der Waals surface area contributed by atoms with Crippen LogP contribution in [0.25, 0.3) is 0 Å². The van der Waals surface area contributed by atoms with E-state index in [1.165, 1.54) is 12.4 Å². The van der Waals surface area contributed by atoms with Gasteiger partial charge in [-0.15, -0.1) is 0 Å². The molecule has 4 nitrogen and oxygen atoms in total. The number of hydrogen-bond donors (Lipinski definition) is 1. The van der Waals surface area contributed by atoms with Crippen molar-refractivity contribution < 1.29 is 8.78 Å². The molecular formula is C13H20F2N4. The molecule has 0 aromatic carbocycles. The number of hydrogen-bond acceptors (Lipinski definition) is 4. The number of halogens is 2. The van der Waals surface area contributed by atoms with E-state index in [1.807, 2.05) is 4.90 Å². The molecule has 2 rings (SSSR count). The first kappa shape index (κ1) is 14.1. The van der Waals surface area contributed by atoms with Crippen LogP contribution < -0.4 is 10.2 Å². The van der Waals surface area contributed by atoms with Crippen molar-refractivity contribution in [2.24, 2.45) is 5.92 Å². The van der Waals surface area contributed by atoms with Crippen LogP contribution in [0.2, 0.25) is 0 Å². The maximum atomic E-state index is 12.9. The van der Waals surface area contributed by atoms with Crippen LogP contribution >= 0.6 is 0 Å². The van der Waals surface area contributed by atoms with Gasteiger partial charge in [0.2, 0.25) is 0 Å². The number of rotatable bonds is 5. The monoisotopic (exact) mass is 270 g/mol. The zero-order chi connectivity index (χ0) is 13.7. The van der Waals surface area contributed by atoms with Gasteiger partial charge in [0, 0.05) is 25.5 Å². The molecule has 0 unspecified atom stereocenters. The minimum absolute atomic E-state index is 0.201. The molecule has 1 saturated heterocycles. The quantitative estimate of drug-likeness (QED) is 0.891. The van der Waals surface area contributed by atoms with E-state index < -0.39 is 6.43 Å². The third-order valence-electron chi connectivity index (χ3n) is 3.51. The number of anilines is 1. The first-order valence-electron chi connectivity index (χ1n) is 6.77. The first-order chi connectivity index (χ1) is 9.22. The molecule has 1 N–H and O–H groups in total. The van der Waals surface area contributed by atoms with Crippen LogP contribution in [0.3, 0.4) is 0 Å². The van der Waals surface area contributed by atoms with Gasteiger partial charge in [0.05, 0.1) is 0 Å². The summed E-state index contributed by atoms with van der Waals surface area (Å²) in [5.74, 6) is 0.974. The Hall–Kier alpha value is -1.30. The number of aromatic nitrogens is 2. The highest BCUT2D eigenvalue weighted by atomic mass is 19.3. The summed E-state index contributed by atoms with van der Waals surface area (Å²) in [7, 11) is 0. The lowest BCUT2D eigenvalue weighted by Gasteiger charge is -2.33. The molecule has 1 aliphatic heterocycles. The summed E-state index contributed by atoms with van der Waals surface area (Å²) in [6, 6.07) is 0. The number of alkyl halides is 2. The van der Waals surface area contributed by atoms with Crippen molar-refractivity contribution in [1.82, 2.24) is 15.3 Å². The topological polar surface area (TPSA) is 41.0 Å². The Morgan fingerprint density at radius 3 is 2.63 bits per heavy atom. The Balaban J connectivity index is 1.98. The van der Waals surface area contributed by atoms with E-state index in [2.05, 4.69) is 22.2 Å². The standard InChI is InChI=1S/C13H20F2N4/c1-2-16-9-10-3-7-19(8-4-10)13-11(12(14)15)17-5-6-18-13/h5-6,10,12,16H,2-4,7-9H2,1H3. The first-order valence-corrected chi connectivity index (χ1v) is 6.77. The molecule has 1 aliphatic rings. The predicted octanol–water partition coefficient (Wildman–Crippen LogP) is 2.24. The van der Waals surface area contributed by atoms with Crippen molar-refractivity contribution in [2.75, 3.05) is 31.1 Å². The number of nitrogens with one attached hydrogen (secondary N) is 1. The SMILES string of the molecule is CCNCC1CCN(c2nccnc2C(F)F)CC1. The maximum Gasteiger partial charge on any atom is 0.284 e. The second-order valence-electron chi connectivity index (χ2n) is 4.80. The minimum Gasteiger partial charge on any atom is -0.355 e. The zero-order valence-electron chi connectivity index (χ0n) is 11.1. The van der Waals surface area contributed by atoms with Crippen molar-refractivity contribution in [1.29, 1.82) is 0 Å². The lowest BCUT2D eigenvalue weighted by molar-refractivity contribution is 0.146. The average Bonchev–Trinajstić information content (AvgIpc) is 2.45. The predicted molar refractivity (Wildman–Crippen MR) is 70.5 cm³/mol. The van der Waals surface area contributed by atoms with E-state index >= 15 is 0 Å². The van der Waals surface area contributed by atoms with E-state index in [1.54, 1.807) is 0 Å². The van der Waals surface area contributed by atoms with Gasteiger partial charge in [-0.05, 0) is 31.8 Å². The number of piperidine rings is 1. The summed E-state index contributed by atoms with van der Waals surface area (Å²) in [6.45, 7) is 5.61. The Morgan fingerprint density at radius 1 is 1.32 bits per heavy atom. The van der Waals surface area contributed by atoms with Gasteiger partial charge in [0.15, 0.2) is 5.82 Å². The van der Waals surface area contributed by atoms with Gasteiger partial charge in [-0.3, -0.25) is 0 Å². The minimum atomic E-state index is -2.57. The molecule has 0 spiro atoms. The Kier molecular flexibility index (Phi) is 5.01. The molecule has 1 fully saturated rings. The van der Waals surface area contributed by atoms with Crippen molar-refractivity contribution >= 4 is 5.82 Å². The van der Waals surface area contributed by atoms with Gasteiger partial charge in [0.25, 0.3) is 6.43 Å². The highest BCUT2D eigenvalue weighted by molar-refractivity contribution is 5.44. The van der Waals surface area contributed by atoms with Crippen LogP contribution in [0.5, 0.6) is 0 Å². The summed E-state index contributed by atoms with van der Waals surface area (Å²) < 4.78 is 25.8. The van der Waals surface area contributed by atoms with E-state index in [4.69, 9.17) is 0 Å². The van der Waals surface area contributed by atoms with Gasteiger partial charge >= 0.3 is 0 Å². The third kappa shape index (κ3) is 3.59. The second-order valence-corrected chi connectivity index (χ2v) is 4.80. The molecule has 0 atom stereocenters. The van der Waals surface area contributed by atoms with Crippen LogP contribution in [0.4, 0.5) is 14.6 Å². The van der Waals surface area contributed by atoms with E-state index in [-0.39, 0.29) is 5.69 Å². The molecule has 0 saturated carbocycles. The van der Waals surface area contributed by atoms with Gasteiger partial charge in [-0.25, -0.2) is 18.7 Å². The summed E-state index contributed by atoms with van der Waals surface area (Å²) in [4.78, 5) is 9.76. The molecule has 0 radical (unpaired) electrons. The zero-order valence-corrected chi connectivity index (χ0v) is 11.1. The molecule has 1 aromatic rings. The van der Waals surface area contributed by atoms with Gasteiger partial charge in [-0.1, -0.05) is 6.92 Å². The summed E-state index contributed by atoms with van der Waals surface area (Å²) in [6.07, 6.45) is 2.25. The highest BCUT2D eigenvalue weighted by Crippen LogP contribution is 2.28. The fraction of sp³-hybridized carbons (Fsp3) is 0.692. The highest BCUT2D eigenvalue weighted by Gasteiger charge is 2.24. The Labute approximate surface area is 112 Å². The van der Waals surface area contributed by atoms with E-state index in [9.17, 15) is 8.78 Å². The molecule has 2 heterocycles. The smallest absolute Gasteiger partial charge is 0.284 e. The molecule has 0 aliphatic carbocycles. The van der Waals surface area contributed by atoms with Crippen molar-refractivity contribution in [2.45, 2.75) is 26.2 Å².